The summed E-state index contributed by atoms with van der Waals surface area (Å²) in [5.41, 5.74) is 11.3. The van der Waals surface area contributed by atoms with E-state index in [0.717, 1.165) is 41.3 Å². The maximum absolute atomic E-state index is 14.6. The molecule has 1 aliphatic carbocycles. The molecule has 0 bridgehead atoms. The minimum absolute atomic E-state index is 0.0142. The van der Waals surface area contributed by atoms with E-state index in [1.807, 2.05) is 34.6 Å². The Balaban J connectivity index is 0.000000362. The van der Waals surface area contributed by atoms with E-state index in [4.69, 9.17) is 24.9 Å². The number of carbonyl (C=O) groups excluding carboxylic acids is 2. The molecule has 0 saturated heterocycles. The van der Waals surface area contributed by atoms with Crippen LogP contribution in [0.4, 0.5) is 4.39 Å². The third-order valence-electron chi connectivity index (χ3n) is 7.47. The van der Waals surface area contributed by atoms with Crippen LogP contribution in [0.25, 0.3) is 22.3 Å². The second-order valence-electron chi connectivity index (χ2n) is 10.5. The van der Waals surface area contributed by atoms with Gasteiger partial charge >= 0.3 is 0 Å². The zero-order chi connectivity index (χ0) is 31.8. The Hall–Kier alpha value is -3.51. The quantitative estimate of drug-likeness (QED) is 0.160. The van der Waals surface area contributed by atoms with Crippen molar-refractivity contribution >= 4 is 23.1 Å². The number of hydrogen-bond acceptors (Lipinski definition) is 8. The van der Waals surface area contributed by atoms with Crippen molar-refractivity contribution < 1.29 is 28.2 Å². The van der Waals surface area contributed by atoms with Gasteiger partial charge in [0.2, 0.25) is 5.91 Å². The van der Waals surface area contributed by atoms with Crippen LogP contribution >= 0.6 is 0 Å². The van der Waals surface area contributed by atoms with Crippen molar-refractivity contribution in [2.45, 2.75) is 79.2 Å². The van der Waals surface area contributed by atoms with E-state index in [0.29, 0.717) is 59.2 Å². The monoisotopic (exact) mass is 598 g/mol. The summed E-state index contributed by atoms with van der Waals surface area (Å²) in [5, 5.41) is 4.00. The van der Waals surface area contributed by atoms with Crippen molar-refractivity contribution in [3.8, 4) is 11.4 Å². The first-order valence-corrected chi connectivity index (χ1v) is 14.6. The number of carbonyl (C=O) groups is 2. The molecule has 3 heterocycles. The summed E-state index contributed by atoms with van der Waals surface area (Å²) < 4.78 is 31.6. The van der Waals surface area contributed by atoms with Crippen LogP contribution in [0.3, 0.4) is 0 Å². The molecule has 1 atom stereocenters. The standard InChI is InChI=1S/C24H23FN2O4.C6H14N2O2.C2H6/c1-12-13-5-4-6-14-16-9-27-20(23(16)26-19(22(13)14)8-18(12)25)7-15(21(10-28)31-3)17(11-30-2)24(27)29;1-5(2)8-4-10-3-6(7)9;1-2/h7-8,10,21H,4-6,9,11H2,1-3H3;5,8H,3-4H2,1-2H3,(H2,7,9);1-2H3. The van der Waals surface area contributed by atoms with Gasteiger partial charge < -0.3 is 29.3 Å². The fraction of sp³-hybridized carbons (Fsp3) is 0.500. The molecule has 1 aromatic carbocycles. The van der Waals surface area contributed by atoms with Crippen molar-refractivity contribution in [1.29, 1.82) is 0 Å². The van der Waals surface area contributed by atoms with E-state index in [1.165, 1.54) is 20.3 Å². The predicted molar refractivity (Wildman–Crippen MR) is 163 cm³/mol. The summed E-state index contributed by atoms with van der Waals surface area (Å²) in [6, 6.07) is 3.66. The second kappa shape index (κ2) is 15.3. The second-order valence-corrected chi connectivity index (χ2v) is 10.5. The Labute approximate surface area is 251 Å². The van der Waals surface area contributed by atoms with Gasteiger partial charge in [0.1, 0.15) is 18.5 Å². The molecule has 43 heavy (non-hydrogen) atoms. The van der Waals surface area contributed by atoms with Gasteiger partial charge in [-0.25, -0.2) is 9.37 Å². The van der Waals surface area contributed by atoms with Crippen molar-refractivity contribution in [2.24, 2.45) is 5.73 Å². The largest absolute Gasteiger partial charge is 0.380 e. The number of aromatic nitrogens is 2. The summed E-state index contributed by atoms with van der Waals surface area (Å²) in [5.74, 6) is -0.694. The molecule has 0 spiro atoms. The van der Waals surface area contributed by atoms with E-state index in [1.54, 1.807) is 10.6 Å². The minimum Gasteiger partial charge on any atom is -0.380 e. The van der Waals surface area contributed by atoms with E-state index in [-0.39, 0.29) is 24.6 Å². The number of methoxy groups -OCH3 is 2. The highest BCUT2D eigenvalue weighted by Crippen LogP contribution is 2.41. The third-order valence-corrected chi connectivity index (χ3v) is 7.47. The molecule has 1 amide bonds. The average molecular weight is 599 g/mol. The van der Waals surface area contributed by atoms with Gasteiger partial charge in [0.15, 0.2) is 6.29 Å². The number of halogens is 1. The molecule has 1 aliphatic heterocycles. The lowest BCUT2D eigenvalue weighted by atomic mass is 9.85. The van der Waals surface area contributed by atoms with Crippen LogP contribution in [0.5, 0.6) is 0 Å². The number of pyridine rings is 2. The topological polar surface area (TPSA) is 135 Å². The van der Waals surface area contributed by atoms with Crippen molar-refractivity contribution in [3.63, 3.8) is 0 Å². The van der Waals surface area contributed by atoms with E-state index >= 15 is 0 Å². The fourth-order valence-corrected chi connectivity index (χ4v) is 5.50. The number of nitrogens with two attached hydrogens (primary N) is 1. The minimum atomic E-state index is -0.877. The van der Waals surface area contributed by atoms with Crippen molar-refractivity contribution in [3.05, 3.63) is 61.7 Å². The summed E-state index contributed by atoms with van der Waals surface area (Å²) >= 11 is 0. The fourth-order valence-electron chi connectivity index (χ4n) is 5.50. The number of fused-ring (bicyclic) bond motifs is 4. The predicted octanol–water partition coefficient (Wildman–Crippen LogP) is 3.86. The molecule has 234 valence electrons. The Kier molecular flexibility index (Phi) is 12.1. The Morgan fingerprint density at radius 2 is 1.88 bits per heavy atom. The Bertz CT molecular complexity index is 1540. The molecule has 11 heteroatoms. The highest BCUT2D eigenvalue weighted by Gasteiger charge is 2.31. The number of ether oxygens (including phenoxy) is 3. The number of primary amides is 1. The molecular weight excluding hydrogens is 555 g/mol. The third kappa shape index (κ3) is 7.18. The first-order chi connectivity index (χ1) is 20.6. The molecule has 3 N–H and O–H groups in total. The van der Waals surface area contributed by atoms with Crippen molar-refractivity contribution in [2.75, 3.05) is 27.6 Å². The number of nitrogens with zero attached hydrogens (tertiary/aromatic N) is 2. The normalized spacial score (nSPS) is 13.4. The summed E-state index contributed by atoms with van der Waals surface area (Å²) in [4.78, 5) is 39.9. The number of nitrogens with one attached hydrogen (secondary N) is 1. The summed E-state index contributed by atoms with van der Waals surface area (Å²) in [6.07, 6.45) is 2.43. The smallest absolute Gasteiger partial charge is 0.257 e. The van der Waals surface area contributed by atoms with Gasteiger partial charge in [-0.05, 0) is 62.8 Å². The van der Waals surface area contributed by atoms with Crippen LogP contribution in [-0.4, -0.2) is 55.3 Å². The lowest BCUT2D eigenvalue weighted by molar-refractivity contribution is -0.122. The number of rotatable bonds is 10. The molecule has 0 saturated carbocycles. The number of amides is 1. The Morgan fingerprint density at radius 1 is 1.19 bits per heavy atom. The van der Waals surface area contributed by atoms with E-state index in [2.05, 4.69) is 5.32 Å². The highest BCUT2D eigenvalue weighted by atomic mass is 19.1. The number of aldehydes is 1. The van der Waals surface area contributed by atoms with Gasteiger partial charge in [0.05, 0.1) is 36.8 Å². The van der Waals surface area contributed by atoms with Gasteiger partial charge in [-0.1, -0.05) is 13.8 Å². The van der Waals surface area contributed by atoms with E-state index in [9.17, 15) is 18.8 Å². The molecule has 0 radical (unpaired) electrons. The summed E-state index contributed by atoms with van der Waals surface area (Å²) in [7, 11) is 2.94. The molecule has 10 nitrogen and oxygen atoms in total. The number of aryl methyl sites for hydroxylation is 2. The molecule has 3 aromatic rings. The van der Waals surface area contributed by atoms with Crippen LogP contribution in [0, 0.1) is 12.7 Å². The first-order valence-electron chi connectivity index (χ1n) is 14.6. The number of hydrogen-bond donors (Lipinski definition) is 2. The first kappa shape index (κ1) is 34.0. The van der Waals surface area contributed by atoms with Crippen LogP contribution in [0.1, 0.15) is 73.6 Å². The van der Waals surface area contributed by atoms with Gasteiger partial charge in [0.25, 0.3) is 5.56 Å². The molecule has 1 unspecified atom stereocenters. The zero-order valence-electron chi connectivity index (χ0n) is 26.1. The van der Waals surface area contributed by atoms with Gasteiger partial charge in [-0.15, -0.1) is 0 Å². The molecule has 2 aliphatic rings. The van der Waals surface area contributed by atoms with Gasteiger partial charge in [-0.2, -0.15) is 0 Å². The van der Waals surface area contributed by atoms with Gasteiger partial charge in [0, 0.05) is 48.4 Å². The van der Waals surface area contributed by atoms with Crippen LogP contribution in [0.15, 0.2) is 16.9 Å². The van der Waals surface area contributed by atoms with Crippen LogP contribution < -0.4 is 16.6 Å². The SMILES string of the molecule is CC.CC(C)NCOCC(N)=O.COCc1c(C(C=O)OC)cc2n(c1=O)Cc1c-2nc2cc(F)c(C)c3c2c1CCC3. The lowest BCUT2D eigenvalue weighted by Gasteiger charge is -2.21. The number of benzene rings is 1. The maximum Gasteiger partial charge on any atom is 0.257 e. The zero-order valence-corrected chi connectivity index (χ0v) is 26.1. The summed E-state index contributed by atoms with van der Waals surface area (Å²) in [6.45, 7) is 10.7. The van der Waals surface area contributed by atoms with Crippen LogP contribution in [0.2, 0.25) is 0 Å². The maximum atomic E-state index is 14.6. The van der Waals surface area contributed by atoms with Crippen molar-refractivity contribution in [1.82, 2.24) is 14.9 Å². The van der Waals surface area contributed by atoms with Crippen LogP contribution in [-0.2, 0) is 49.8 Å². The molecular formula is C32H43FN4O6. The molecule has 2 aromatic heterocycles. The van der Waals surface area contributed by atoms with Gasteiger partial charge in [-0.3, -0.25) is 14.9 Å². The molecule has 5 rings (SSSR count). The highest BCUT2D eigenvalue weighted by molar-refractivity contribution is 5.92. The average Bonchev–Trinajstić information content (AvgIpc) is 3.36. The van der Waals surface area contributed by atoms with E-state index < -0.39 is 12.0 Å². The Morgan fingerprint density at radius 3 is 2.49 bits per heavy atom. The molecule has 0 fully saturated rings. The lowest BCUT2D eigenvalue weighted by Crippen LogP contribution is -2.28.